The van der Waals surface area contributed by atoms with Gasteiger partial charge in [-0.05, 0) is 47.5 Å². The molecule has 0 fully saturated rings. The van der Waals surface area contributed by atoms with Crippen molar-refractivity contribution in [3.8, 4) is 17.0 Å². The second kappa shape index (κ2) is 6.23. The van der Waals surface area contributed by atoms with Crippen LogP contribution in [0.3, 0.4) is 0 Å². The maximum absolute atomic E-state index is 14.8. The zero-order chi connectivity index (χ0) is 19.3. The Morgan fingerprint density at radius 2 is 1.86 bits per heavy atom. The number of aromatic nitrogens is 3. The predicted molar refractivity (Wildman–Crippen MR) is 109 cm³/mol. The highest BCUT2D eigenvalue weighted by molar-refractivity contribution is 5.86. The van der Waals surface area contributed by atoms with Crippen molar-refractivity contribution in [1.29, 1.82) is 0 Å². The molecule has 0 aliphatic rings. The van der Waals surface area contributed by atoms with Crippen molar-refractivity contribution in [2.45, 2.75) is 6.54 Å². The second-order valence-electron chi connectivity index (χ2n) is 7.02. The first kappa shape index (κ1) is 16.6. The van der Waals surface area contributed by atoms with Crippen LogP contribution in [-0.4, -0.2) is 19.2 Å². The number of aromatic hydroxyl groups is 1. The van der Waals surface area contributed by atoms with Crippen LogP contribution in [0, 0.1) is 5.82 Å². The van der Waals surface area contributed by atoms with Crippen LogP contribution in [0.1, 0.15) is 5.56 Å². The van der Waals surface area contributed by atoms with Crippen LogP contribution in [0.2, 0.25) is 0 Å². The summed E-state index contributed by atoms with van der Waals surface area (Å²) in [6, 6.07) is 17.0. The lowest BCUT2D eigenvalue weighted by Crippen LogP contribution is -2.00. The first-order valence-electron chi connectivity index (χ1n) is 9.07. The van der Waals surface area contributed by atoms with E-state index in [2.05, 4.69) is 21.7 Å². The van der Waals surface area contributed by atoms with Gasteiger partial charge in [-0.1, -0.05) is 18.2 Å². The van der Waals surface area contributed by atoms with Gasteiger partial charge in [0, 0.05) is 42.1 Å². The maximum atomic E-state index is 14.8. The number of halogens is 1. The smallest absolute Gasteiger partial charge is 0.201 e. The Bertz CT molecular complexity index is 1330. The molecule has 0 radical (unpaired) electrons. The summed E-state index contributed by atoms with van der Waals surface area (Å²) in [4.78, 5) is 4.23. The molecular formula is C23H18FN3O. The second-order valence-corrected chi connectivity index (χ2v) is 7.02. The van der Waals surface area contributed by atoms with Crippen molar-refractivity contribution in [1.82, 2.24) is 14.1 Å². The molecule has 0 aliphatic carbocycles. The van der Waals surface area contributed by atoms with Gasteiger partial charge in [0.05, 0.1) is 17.4 Å². The number of fused-ring (bicyclic) bond motifs is 2. The molecular weight excluding hydrogens is 353 g/mol. The molecule has 138 valence electrons. The van der Waals surface area contributed by atoms with E-state index in [4.69, 9.17) is 0 Å². The van der Waals surface area contributed by atoms with E-state index < -0.39 is 0 Å². The Morgan fingerprint density at radius 1 is 1.04 bits per heavy atom. The molecule has 5 aromatic rings. The topological polar surface area (TPSA) is 43.0 Å². The van der Waals surface area contributed by atoms with E-state index in [0.717, 1.165) is 22.0 Å². The van der Waals surface area contributed by atoms with Crippen LogP contribution < -0.4 is 0 Å². The molecule has 28 heavy (non-hydrogen) atoms. The van der Waals surface area contributed by atoms with Gasteiger partial charge < -0.3 is 14.2 Å². The van der Waals surface area contributed by atoms with Crippen LogP contribution in [0.4, 0.5) is 4.39 Å². The van der Waals surface area contributed by atoms with Gasteiger partial charge in [0.15, 0.2) is 0 Å². The summed E-state index contributed by atoms with van der Waals surface area (Å²) >= 11 is 0. The largest absolute Gasteiger partial charge is 0.494 e. The highest BCUT2D eigenvalue weighted by Crippen LogP contribution is 2.29. The van der Waals surface area contributed by atoms with E-state index >= 15 is 0 Å². The fourth-order valence-corrected chi connectivity index (χ4v) is 3.69. The van der Waals surface area contributed by atoms with Gasteiger partial charge in [0.2, 0.25) is 5.88 Å². The Kier molecular flexibility index (Phi) is 3.69. The molecule has 0 atom stereocenters. The Balaban J connectivity index is 1.49. The third-order valence-corrected chi connectivity index (χ3v) is 5.24. The minimum Gasteiger partial charge on any atom is -0.494 e. The molecule has 0 saturated carbocycles. The molecule has 0 amide bonds. The maximum Gasteiger partial charge on any atom is 0.201 e. The van der Waals surface area contributed by atoms with Crippen LogP contribution >= 0.6 is 0 Å². The standard InChI is InChI=1S/C23H18FN3O/c1-26-10-8-17-11-15(6-7-22(17)26)16-4-5-18(20(24)12-16)13-27-14-21-19(23(27)28)3-2-9-25-21/h2-12,14,28H,13H2,1H3. The molecule has 0 saturated heterocycles. The molecule has 0 aliphatic heterocycles. The van der Waals surface area contributed by atoms with E-state index in [1.807, 2.05) is 31.4 Å². The van der Waals surface area contributed by atoms with E-state index in [1.165, 1.54) is 0 Å². The van der Waals surface area contributed by atoms with E-state index in [-0.39, 0.29) is 18.2 Å². The number of hydrogen-bond donors (Lipinski definition) is 1. The average molecular weight is 371 g/mol. The fourth-order valence-electron chi connectivity index (χ4n) is 3.69. The SMILES string of the molecule is Cn1ccc2cc(-c3ccc(Cn4cc5ncccc5c4O)c(F)c3)ccc21. The minimum atomic E-state index is -0.296. The monoisotopic (exact) mass is 371 g/mol. The average Bonchev–Trinajstić information content (AvgIpc) is 3.23. The lowest BCUT2D eigenvalue weighted by molar-refractivity contribution is 0.428. The quantitative estimate of drug-likeness (QED) is 0.480. The van der Waals surface area contributed by atoms with Gasteiger partial charge in [-0.15, -0.1) is 0 Å². The van der Waals surface area contributed by atoms with Crippen molar-refractivity contribution >= 4 is 21.8 Å². The zero-order valence-corrected chi connectivity index (χ0v) is 15.3. The summed E-state index contributed by atoms with van der Waals surface area (Å²) < 4.78 is 18.5. The summed E-state index contributed by atoms with van der Waals surface area (Å²) in [5.41, 5.74) is 4.15. The van der Waals surface area contributed by atoms with Gasteiger partial charge in [0.25, 0.3) is 0 Å². The Labute approximate surface area is 161 Å². The Morgan fingerprint density at radius 3 is 2.68 bits per heavy atom. The van der Waals surface area contributed by atoms with Gasteiger partial charge in [0.1, 0.15) is 5.82 Å². The third kappa shape index (κ3) is 2.63. The number of hydrogen-bond acceptors (Lipinski definition) is 2. The number of pyridine rings is 1. The van der Waals surface area contributed by atoms with E-state index in [1.54, 1.807) is 41.2 Å². The highest BCUT2D eigenvalue weighted by Gasteiger charge is 2.12. The molecule has 0 spiro atoms. The zero-order valence-electron chi connectivity index (χ0n) is 15.3. The first-order valence-corrected chi connectivity index (χ1v) is 9.07. The minimum absolute atomic E-state index is 0.0982. The molecule has 5 rings (SSSR count). The van der Waals surface area contributed by atoms with Crippen molar-refractivity contribution in [2.75, 3.05) is 0 Å². The molecule has 1 N–H and O–H groups in total. The van der Waals surface area contributed by atoms with Crippen LogP contribution in [0.5, 0.6) is 5.88 Å². The summed E-state index contributed by atoms with van der Waals surface area (Å²) in [5.74, 6) is -0.197. The molecule has 3 heterocycles. The lowest BCUT2D eigenvalue weighted by atomic mass is 10.0. The van der Waals surface area contributed by atoms with Gasteiger partial charge in [-0.25, -0.2) is 4.39 Å². The van der Waals surface area contributed by atoms with Gasteiger partial charge in [-0.2, -0.15) is 0 Å². The van der Waals surface area contributed by atoms with Crippen LogP contribution in [-0.2, 0) is 13.6 Å². The van der Waals surface area contributed by atoms with E-state index in [9.17, 15) is 9.50 Å². The van der Waals surface area contributed by atoms with Crippen LogP contribution in [0.25, 0.3) is 32.9 Å². The summed E-state index contributed by atoms with van der Waals surface area (Å²) in [6.45, 7) is 0.242. The molecule has 4 nitrogen and oxygen atoms in total. The highest BCUT2D eigenvalue weighted by atomic mass is 19.1. The Hall–Kier alpha value is -3.60. The summed E-state index contributed by atoms with van der Waals surface area (Å²) in [7, 11) is 2.01. The number of rotatable bonds is 3. The van der Waals surface area contributed by atoms with Crippen molar-refractivity contribution in [3.63, 3.8) is 0 Å². The molecule has 0 bridgehead atoms. The molecule has 2 aromatic carbocycles. The fraction of sp³-hybridized carbons (Fsp3) is 0.0870. The van der Waals surface area contributed by atoms with Gasteiger partial charge in [-0.3, -0.25) is 4.98 Å². The number of nitrogens with zero attached hydrogens (tertiary/aromatic N) is 3. The molecule has 0 unspecified atom stereocenters. The van der Waals surface area contributed by atoms with Crippen molar-refractivity contribution in [2.24, 2.45) is 7.05 Å². The molecule has 3 aromatic heterocycles. The van der Waals surface area contributed by atoms with Crippen LogP contribution in [0.15, 0.2) is 73.2 Å². The predicted octanol–water partition coefficient (Wildman–Crippen LogP) is 5.09. The summed E-state index contributed by atoms with van der Waals surface area (Å²) in [5, 5.41) is 12.2. The number of benzene rings is 2. The van der Waals surface area contributed by atoms with E-state index in [0.29, 0.717) is 16.5 Å². The third-order valence-electron chi connectivity index (χ3n) is 5.24. The van der Waals surface area contributed by atoms with Crippen molar-refractivity contribution < 1.29 is 9.50 Å². The van der Waals surface area contributed by atoms with Gasteiger partial charge >= 0.3 is 0 Å². The molecule has 5 heteroatoms. The number of aryl methyl sites for hydroxylation is 1. The first-order chi connectivity index (χ1) is 13.6. The summed E-state index contributed by atoms with van der Waals surface area (Å²) in [6.07, 6.45) is 5.42. The van der Waals surface area contributed by atoms with Crippen molar-refractivity contribution in [3.05, 3.63) is 84.6 Å². The normalized spacial score (nSPS) is 11.5. The lowest BCUT2D eigenvalue weighted by Gasteiger charge is -2.09.